The average Bonchev–Trinajstić information content (AvgIpc) is 2.92. The Balaban J connectivity index is 1.88. The molecule has 1 spiro atoms. The van der Waals surface area contributed by atoms with Gasteiger partial charge in [0.15, 0.2) is 5.78 Å². The second-order valence-electron chi connectivity index (χ2n) is 8.76. The maximum atomic E-state index is 13.5. The Morgan fingerprint density at radius 3 is 2.42 bits per heavy atom. The molecule has 2 atom stereocenters. The molecule has 1 aliphatic carbocycles. The molecule has 0 saturated carbocycles. The van der Waals surface area contributed by atoms with E-state index in [1.54, 1.807) is 26.0 Å². The number of likely N-dealkylation sites (N-methyl/N-ethyl adjacent to an activating group) is 1. The fraction of sp³-hybridized carbons (Fsp3) is 0.381. The number of nitrogens with two attached hydrogens (primary N) is 1. The quantitative estimate of drug-likeness (QED) is 0.509. The van der Waals surface area contributed by atoms with Gasteiger partial charge in [-0.25, -0.2) is 20.1 Å². The smallest absolute Gasteiger partial charge is 0.404 e. The van der Waals surface area contributed by atoms with Crippen molar-refractivity contribution in [2.45, 2.75) is 38.0 Å². The van der Waals surface area contributed by atoms with Gasteiger partial charge in [0.05, 0.1) is 0 Å². The molecule has 1 saturated heterocycles. The van der Waals surface area contributed by atoms with Crippen molar-refractivity contribution >= 4 is 17.7 Å². The predicted molar refractivity (Wildman–Crippen MR) is 107 cm³/mol. The molecule has 2 aliphatic rings. The van der Waals surface area contributed by atoms with Gasteiger partial charge < -0.3 is 4.74 Å². The number of ketones is 1. The van der Waals surface area contributed by atoms with Crippen LogP contribution in [0.15, 0.2) is 36.9 Å². The standard InChI is InChI=1S/C21H20F3N5O4/c1-18(2)9-19(16(31)29(3)21(25,28-19)33-17(32)20(22,23)24)14-6-11(4-5-13(14)15(18)30)12-7-26-10-27-8-12/h4-8,10,28H,9,25H2,1-3H3. The molecule has 1 fully saturated rings. The average molecular weight is 463 g/mol. The Morgan fingerprint density at radius 1 is 1.18 bits per heavy atom. The van der Waals surface area contributed by atoms with E-state index in [2.05, 4.69) is 20.0 Å². The van der Waals surface area contributed by atoms with Gasteiger partial charge in [0.25, 0.3) is 5.91 Å². The highest BCUT2D eigenvalue weighted by atomic mass is 19.4. The SMILES string of the molecule is CN1C(=O)C2(CC(C)(C)C(=O)c3ccc(-c4cncnc4)cc32)NC1(N)OC(=O)C(F)(F)F. The number of benzene rings is 1. The first-order valence-corrected chi connectivity index (χ1v) is 9.83. The number of fused-ring (bicyclic) bond motifs is 2. The number of rotatable bonds is 2. The molecule has 1 amide bonds. The van der Waals surface area contributed by atoms with Crippen LogP contribution in [0.3, 0.4) is 0 Å². The normalized spacial score (nSPS) is 26.5. The van der Waals surface area contributed by atoms with Gasteiger partial charge in [0, 0.05) is 36.0 Å². The second kappa shape index (κ2) is 7.06. The third kappa shape index (κ3) is 3.45. The Kier molecular flexibility index (Phi) is 4.88. The van der Waals surface area contributed by atoms with Crippen LogP contribution in [0.25, 0.3) is 11.1 Å². The molecular formula is C21H20F3N5O4. The summed E-state index contributed by atoms with van der Waals surface area (Å²) in [7, 11) is 1.12. The highest BCUT2D eigenvalue weighted by Crippen LogP contribution is 2.49. The number of carbonyl (C=O) groups is 3. The van der Waals surface area contributed by atoms with Gasteiger partial charge in [0.1, 0.15) is 11.9 Å². The number of nitrogens with zero attached hydrogens (tertiary/aromatic N) is 3. The molecule has 2 aromatic rings. The van der Waals surface area contributed by atoms with Crippen molar-refractivity contribution in [2.75, 3.05) is 7.05 Å². The van der Waals surface area contributed by atoms with E-state index in [-0.39, 0.29) is 23.3 Å². The van der Waals surface area contributed by atoms with Crippen LogP contribution in [0.1, 0.15) is 36.2 Å². The lowest BCUT2D eigenvalue weighted by Gasteiger charge is -2.42. The molecule has 1 aromatic heterocycles. The number of aromatic nitrogens is 2. The summed E-state index contributed by atoms with van der Waals surface area (Å²) < 4.78 is 43.1. The molecule has 3 N–H and O–H groups in total. The molecule has 9 nitrogen and oxygen atoms in total. The zero-order valence-electron chi connectivity index (χ0n) is 17.9. The molecule has 0 bridgehead atoms. The van der Waals surface area contributed by atoms with Crippen molar-refractivity contribution in [3.8, 4) is 11.1 Å². The van der Waals surface area contributed by atoms with E-state index in [0.29, 0.717) is 16.0 Å². The number of hydrogen-bond donors (Lipinski definition) is 2. The van der Waals surface area contributed by atoms with E-state index >= 15 is 0 Å². The zero-order chi connectivity index (χ0) is 24.4. The molecule has 0 radical (unpaired) electrons. The summed E-state index contributed by atoms with van der Waals surface area (Å²) in [6.07, 6.45) is -1.06. The third-order valence-corrected chi connectivity index (χ3v) is 5.98. The van der Waals surface area contributed by atoms with Crippen LogP contribution in [-0.4, -0.2) is 51.7 Å². The monoisotopic (exact) mass is 463 g/mol. The van der Waals surface area contributed by atoms with Crippen LogP contribution in [0, 0.1) is 5.41 Å². The molecular weight excluding hydrogens is 443 g/mol. The van der Waals surface area contributed by atoms with Crippen molar-refractivity contribution in [3.63, 3.8) is 0 Å². The van der Waals surface area contributed by atoms with Crippen LogP contribution in [0.5, 0.6) is 0 Å². The Hall–Kier alpha value is -3.38. The van der Waals surface area contributed by atoms with Gasteiger partial charge in [-0.05, 0) is 23.6 Å². The molecule has 2 heterocycles. The van der Waals surface area contributed by atoms with Gasteiger partial charge in [-0.15, -0.1) is 0 Å². The minimum Gasteiger partial charge on any atom is -0.404 e. The number of amides is 1. The van der Waals surface area contributed by atoms with Crippen LogP contribution < -0.4 is 11.1 Å². The largest absolute Gasteiger partial charge is 0.491 e. The van der Waals surface area contributed by atoms with Crippen molar-refractivity contribution < 1.29 is 32.3 Å². The number of carbonyl (C=O) groups excluding carboxylic acids is 3. The van der Waals surface area contributed by atoms with Crippen molar-refractivity contribution in [1.29, 1.82) is 0 Å². The predicted octanol–water partition coefficient (Wildman–Crippen LogP) is 1.69. The lowest BCUT2D eigenvalue weighted by molar-refractivity contribution is -0.229. The lowest BCUT2D eigenvalue weighted by Crippen LogP contribution is -2.64. The maximum Gasteiger partial charge on any atom is 0.491 e. The van der Waals surface area contributed by atoms with Crippen molar-refractivity contribution in [1.82, 2.24) is 20.2 Å². The van der Waals surface area contributed by atoms with Gasteiger partial charge in [0.2, 0.25) is 0 Å². The van der Waals surface area contributed by atoms with Crippen LogP contribution in [0.2, 0.25) is 0 Å². The number of ether oxygens (including phenoxy) is 1. The summed E-state index contributed by atoms with van der Waals surface area (Å²) in [5.41, 5.74) is 4.74. The summed E-state index contributed by atoms with van der Waals surface area (Å²) in [6.45, 7) is 3.23. The molecule has 4 rings (SSSR count). The van der Waals surface area contributed by atoms with Crippen molar-refractivity contribution in [3.05, 3.63) is 48.0 Å². The number of halogens is 3. The first kappa shape index (κ1) is 22.8. The van der Waals surface area contributed by atoms with E-state index < -0.39 is 35.0 Å². The molecule has 174 valence electrons. The topological polar surface area (TPSA) is 128 Å². The van der Waals surface area contributed by atoms with E-state index in [4.69, 9.17) is 5.73 Å². The van der Waals surface area contributed by atoms with E-state index in [1.165, 1.54) is 24.8 Å². The molecule has 1 aromatic carbocycles. The Labute approximate surface area is 186 Å². The lowest BCUT2D eigenvalue weighted by atomic mass is 9.64. The van der Waals surface area contributed by atoms with Crippen molar-refractivity contribution in [2.24, 2.45) is 11.1 Å². The number of esters is 1. The second-order valence-corrected chi connectivity index (χ2v) is 8.76. The summed E-state index contributed by atoms with van der Waals surface area (Å²) in [6, 6.07) is 4.76. The number of Topliss-reactive ketones (excluding diaryl/α,β-unsaturated/α-hetero) is 1. The van der Waals surface area contributed by atoms with E-state index in [9.17, 15) is 27.6 Å². The first-order chi connectivity index (χ1) is 15.2. The molecule has 1 aliphatic heterocycles. The number of nitrogens with one attached hydrogen (secondary N) is 1. The van der Waals surface area contributed by atoms with Gasteiger partial charge in [-0.2, -0.15) is 13.2 Å². The highest BCUT2D eigenvalue weighted by molar-refractivity contribution is 6.07. The van der Waals surface area contributed by atoms with Gasteiger partial charge in [-0.1, -0.05) is 26.0 Å². The summed E-state index contributed by atoms with van der Waals surface area (Å²) in [5, 5.41) is 2.62. The zero-order valence-corrected chi connectivity index (χ0v) is 17.9. The third-order valence-electron chi connectivity index (χ3n) is 5.98. The molecule has 33 heavy (non-hydrogen) atoms. The maximum absolute atomic E-state index is 13.5. The van der Waals surface area contributed by atoms with E-state index in [0.717, 1.165) is 7.05 Å². The van der Waals surface area contributed by atoms with Gasteiger partial charge in [-0.3, -0.25) is 20.2 Å². The van der Waals surface area contributed by atoms with Crippen LogP contribution in [0.4, 0.5) is 13.2 Å². The summed E-state index contributed by atoms with van der Waals surface area (Å²) >= 11 is 0. The fourth-order valence-corrected chi connectivity index (χ4v) is 4.40. The minimum atomic E-state index is -5.33. The molecule has 2 unspecified atom stereocenters. The summed E-state index contributed by atoms with van der Waals surface area (Å²) in [4.78, 5) is 46.8. The van der Waals surface area contributed by atoms with E-state index in [1.807, 2.05) is 0 Å². The number of hydrogen-bond acceptors (Lipinski definition) is 8. The fourth-order valence-electron chi connectivity index (χ4n) is 4.40. The van der Waals surface area contributed by atoms with Crippen LogP contribution in [-0.2, 0) is 19.9 Å². The first-order valence-electron chi connectivity index (χ1n) is 9.83. The van der Waals surface area contributed by atoms with Crippen LogP contribution >= 0.6 is 0 Å². The Bertz CT molecular complexity index is 1170. The minimum absolute atomic E-state index is 0.133. The Morgan fingerprint density at radius 2 is 1.82 bits per heavy atom. The number of alkyl halides is 3. The van der Waals surface area contributed by atoms with Gasteiger partial charge >= 0.3 is 18.1 Å². The summed E-state index contributed by atoms with van der Waals surface area (Å²) in [5.74, 6) is -6.15. The highest BCUT2D eigenvalue weighted by Gasteiger charge is 2.65. The molecule has 12 heteroatoms.